The maximum absolute atomic E-state index is 12.6. The molecule has 0 aromatic heterocycles. The Balaban J connectivity index is 2.47. The Hall–Kier alpha value is -1.56. The summed E-state index contributed by atoms with van der Waals surface area (Å²) in [5.74, 6) is -1.20. The fraction of sp³-hybridized carbons (Fsp3) is 0.562. The molecule has 0 bridgehead atoms. The average Bonchev–Trinajstić information content (AvgIpc) is 2.45. The molecule has 0 saturated heterocycles. The number of nitrogens with two attached hydrogens (primary N) is 1. The van der Waals surface area contributed by atoms with Crippen molar-refractivity contribution in [3.63, 3.8) is 0 Å². The zero-order valence-electron chi connectivity index (χ0n) is 12.6. The quantitative estimate of drug-likeness (QED) is 0.768. The van der Waals surface area contributed by atoms with Crippen LogP contribution in [-0.2, 0) is 17.4 Å². The van der Waals surface area contributed by atoms with Crippen molar-refractivity contribution in [1.82, 2.24) is 0 Å². The van der Waals surface area contributed by atoms with Crippen molar-refractivity contribution in [3.8, 4) is 0 Å². The van der Waals surface area contributed by atoms with Crippen LogP contribution in [0.4, 0.5) is 13.2 Å². The van der Waals surface area contributed by atoms with Crippen LogP contribution in [0.15, 0.2) is 24.3 Å². The van der Waals surface area contributed by atoms with E-state index in [9.17, 15) is 18.0 Å². The van der Waals surface area contributed by atoms with Gasteiger partial charge in [0.05, 0.1) is 11.5 Å². The van der Waals surface area contributed by atoms with Crippen molar-refractivity contribution >= 4 is 5.97 Å². The summed E-state index contributed by atoms with van der Waals surface area (Å²) in [5, 5.41) is 8.91. The van der Waals surface area contributed by atoms with Gasteiger partial charge in [0.15, 0.2) is 0 Å². The van der Waals surface area contributed by atoms with Crippen molar-refractivity contribution in [3.05, 3.63) is 35.4 Å². The number of halogens is 3. The highest BCUT2D eigenvalue weighted by molar-refractivity contribution is 5.70. The van der Waals surface area contributed by atoms with E-state index in [0.29, 0.717) is 24.8 Å². The zero-order chi connectivity index (χ0) is 16.8. The molecular weight excluding hydrogens is 295 g/mol. The van der Waals surface area contributed by atoms with Gasteiger partial charge in [0.1, 0.15) is 0 Å². The number of aliphatic carboxylic acids is 1. The van der Waals surface area contributed by atoms with Crippen molar-refractivity contribution in [2.45, 2.75) is 38.8 Å². The molecule has 0 aliphatic carbocycles. The number of hydrogen-bond acceptors (Lipinski definition) is 2. The van der Waals surface area contributed by atoms with Crippen LogP contribution in [0.2, 0.25) is 0 Å². The van der Waals surface area contributed by atoms with Gasteiger partial charge in [-0.05, 0) is 43.2 Å². The van der Waals surface area contributed by atoms with Gasteiger partial charge in [0.25, 0.3) is 0 Å². The summed E-state index contributed by atoms with van der Waals surface area (Å²) < 4.78 is 37.9. The molecule has 2 unspecified atom stereocenters. The first-order valence-electron chi connectivity index (χ1n) is 7.33. The predicted molar refractivity (Wildman–Crippen MR) is 78.3 cm³/mol. The molecule has 0 fully saturated rings. The van der Waals surface area contributed by atoms with Crippen LogP contribution in [0.1, 0.15) is 37.3 Å². The summed E-state index contributed by atoms with van der Waals surface area (Å²) in [6, 6.07) is 5.33. The maximum atomic E-state index is 12.6. The predicted octanol–water partition coefficient (Wildman–Crippen LogP) is 3.71. The van der Waals surface area contributed by atoms with Gasteiger partial charge in [-0.1, -0.05) is 25.1 Å². The molecule has 124 valence electrons. The maximum Gasteiger partial charge on any atom is 0.416 e. The third kappa shape index (κ3) is 6.05. The molecule has 1 rings (SSSR count). The van der Waals surface area contributed by atoms with Crippen LogP contribution >= 0.6 is 0 Å². The lowest BCUT2D eigenvalue weighted by molar-refractivity contribution is -0.141. The second-order valence-electron chi connectivity index (χ2n) is 5.69. The standard InChI is InChI=1S/C16H22F3NO2/c1-11(6-8-13(10-20)15(21)22)5-7-12-3-2-4-14(9-12)16(17,18)19/h2-4,9,11,13H,5-8,10,20H2,1H3,(H,21,22). The largest absolute Gasteiger partial charge is 0.481 e. The minimum Gasteiger partial charge on any atom is -0.481 e. The summed E-state index contributed by atoms with van der Waals surface area (Å²) in [5.41, 5.74) is 5.41. The number of carbonyl (C=O) groups is 1. The molecule has 3 N–H and O–H groups in total. The van der Waals surface area contributed by atoms with Gasteiger partial charge in [-0.15, -0.1) is 0 Å². The molecule has 3 nitrogen and oxygen atoms in total. The highest BCUT2D eigenvalue weighted by atomic mass is 19.4. The van der Waals surface area contributed by atoms with E-state index in [0.717, 1.165) is 12.5 Å². The lowest BCUT2D eigenvalue weighted by Crippen LogP contribution is -2.23. The number of rotatable bonds is 8. The van der Waals surface area contributed by atoms with Gasteiger partial charge in [0, 0.05) is 6.54 Å². The van der Waals surface area contributed by atoms with Gasteiger partial charge in [0.2, 0.25) is 0 Å². The summed E-state index contributed by atoms with van der Waals surface area (Å²) in [6.07, 6.45) is -1.86. The van der Waals surface area contributed by atoms with Crippen molar-refractivity contribution in [2.75, 3.05) is 6.54 Å². The summed E-state index contributed by atoms with van der Waals surface area (Å²) in [7, 11) is 0. The molecule has 0 saturated carbocycles. The van der Waals surface area contributed by atoms with E-state index >= 15 is 0 Å². The van der Waals surface area contributed by atoms with Crippen LogP contribution in [0.5, 0.6) is 0 Å². The molecule has 0 spiro atoms. The van der Waals surface area contributed by atoms with Gasteiger partial charge < -0.3 is 10.8 Å². The van der Waals surface area contributed by atoms with Gasteiger partial charge in [-0.25, -0.2) is 0 Å². The Morgan fingerprint density at radius 1 is 1.27 bits per heavy atom. The Morgan fingerprint density at radius 3 is 2.50 bits per heavy atom. The summed E-state index contributed by atoms with van der Waals surface area (Å²) >= 11 is 0. The monoisotopic (exact) mass is 317 g/mol. The highest BCUT2D eigenvalue weighted by Gasteiger charge is 2.30. The Kier molecular flexibility index (Phi) is 6.87. The summed E-state index contributed by atoms with van der Waals surface area (Å²) in [6.45, 7) is 2.08. The highest BCUT2D eigenvalue weighted by Crippen LogP contribution is 2.30. The Bertz CT molecular complexity index is 489. The second-order valence-corrected chi connectivity index (χ2v) is 5.69. The van der Waals surface area contributed by atoms with E-state index < -0.39 is 23.6 Å². The normalized spacial score (nSPS) is 14.6. The average molecular weight is 317 g/mol. The first kappa shape index (κ1) is 18.5. The van der Waals surface area contributed by atoms with E-state index in [1.165, 1.54) is 12.1 Å². The molecule has 0 heterocycles. The molecule has 1 aromatic rings. The van der Waals surface area contributed by atoms with Gasteiger partial charge in [-0.2, -0.15) is 13.2 Å². The Morgan fingerprint density at radius 2 is 1.95 bits per heavy atom. The minimum atomic E-state index is -4.32. The van der Waals surface area contributed by atoms with E-state index in [4.69, 9.17) is 10.8 Å². The van der Waals surface area contributed by atoms with Crippen LogP contribution in [-0.4, -0.2) is 17.6 Å². The molecule has 0 aliphatic rings. The second kappa shape index (κ2) is 8.17. The van der Waals surface area contributed by atoms with Crippen molar-refractivity contribution in [2.24, 2.45) is 17.6 Å². The number of aryl methyl sites for hydroxylation is 1. The third-order valence-corrected chi connectivity index (χ3v) is 3.82. The fourth-order valence-electron chi connectivity index (χ4n) is 2.29. The number of carboxylic acids is 1. The lowest BCUT2D eigenvalue weighted by Gasteiger charge is -2.15. The van der Waals surface area contributed by atoms with Crippen LogP contribution in [0.3, 0.4) is 0 Å². The molecule has 2 atom stereocenters. The van der Waals surface area contributed by atoms with E-state index in [1.807, 2.05) is 6.92 Å². The van der Waals surface area contributed by atoms with E-state index in [-0.39, 0.29) is 12.5 Å². The van der Waals surface area contributed by atoms with E-state index in [2.05, 4.69) is 0 Å². The van der Waals surface area contributed by atoms with Crippen LogP contribution in [0, 0.1) is 11.8 Å². The third-order valence-electron chi connectivity index (χ3n) is 3.82. The molecule has 0 radical (unpaired) electrons. The van der Waals surface area contributed by atoms with E-state index in [1.54, 1.807) is 6.07 Å². The molecule has 0 amide bonds. The molecule has 6 heteroatoms. The minimum absolute atomic E-state index is 0.107. The Labute approximate surface area is 128 Å². The van der Waals surface area contributed by atoms with Crippen LogP contribution < -0.4 is 5.73 Å². The SMILES string of the molecule is CC(CCc1cccc(C(F)(F)F)c1)CCC(CN)C(=O)O. The molecule has 1 aromatic carbocycles. The smallest absolute Gasteiger partial charge is 0.416 e. The number of alkyl halides is 3. The van der Waals surface area contributed by atoms with Crippen molar-refractivity contribution in [1.29, 1.82) is 0 Å². The first-order chi connectivity index (χ1) is 10.2. The van der Waals surface area contributed by atoms with Gasteiger partial charge in [-0.3, -0.25) is 4.79 Å². The molecule has 0 aliphatic heterocycles. The molecule has 22 heavy (non-hydrogen) atoms. The number of benzene rings is 1. The van der Waals surface area contributed by atoms with Crippen LogP contribution in [0.25, 0.3) is 0 Å². The molecular formula is C16H22F3NO2. The van der Waals surface area contributed by atoms with Gasteiger partial charge >= 0.3 is 12.1 Å². The first-order valence-corrected chi connectivity index (χ1v) is 7.33. The van der Waals surface area contributed by atoms with Crippen molar-refractivity contribution < 1.29 is 23.1 Å². The summed E-state index contributed by atoms with van der Waals surface area (Å²) in [4.78, 5) is 10.9. The zero-order valence-corrected chi connectivity index (χ0v) is 12.6. The fourth-order valence-corrected chi connectivity index (χ4v) is 2.29. The topological polar surface area (TPSA) is 63.3 Å². The lowest BCUT2D eigenvalue weighted by atomic mass is 9.92. The number of carboxylic acid groups (broad SMARTS) is 1. The number of hydrogen-bond donors (Lipinski definition) is 2.